The predicted octanol–water partition coefficient (Wildman–Crippen LogP) is 3.84. The minimum absolute atomic E-state index is 0.0671. The van der Waals surface area contributed by atoms with Crippen molar-refractivity contribution in [3.05, 3.63) is 59.2 Å². The van der Waals surface area contributed by atoms with E-state index in [0.717, 1.165) is 23.8 Å². The van der Waals surface area contributed by atoms with Crippen LogP contribution in [0.3, 0.4) is 0 Å². The van der Waals surface area contributed by atoms with Crippen molar-refractivity contribution in [2.75, 3.05) is 0 Å². The maximum absolute atomic E-state index is 10.6. The summed E-state index contributed by atoms with van der Waals surface area (Å²) in [5.41, 5.74) is 3.00. The largest absolute Gasteiger partial charge is 0.388 e. The van der Waals surface area contributed by atoms with Crippen molar-refractivity contribution < 1.29 is 9.90 Å². The van der Waals surface area contributed by atoms with E-state index in [9.17, 15) is 9.90 Å². The highest BCUT2D eigenvalue weighted by atomic mass is 16.3. The second-order valence-electron chi connectivity index (χ2n) is 5.03. The zero-order valence-electron chi connectivity index (χ0n) is 11.8. The molecule has 0 aliphatic heterocycles. The maximum atomic E-state index is 10.6. The van der Waals surface area contributed by atoms with Gasteiger partial charge in [0.1, 0.15) is 6.29 Å². The van der Waals surface area contributed by atoms with Crippen molar-refractivity contribution in [1.82, 2.24) is 0 Å². The molecule has 0 saturated carbocycles. The van der Waals surface area contributed by atoms with Gasteiger partial charge >= 0.3 is 0 Å². The minimum Gasteiger partial charge on any atom is -0.388 e. The van der Waals surface area contributed by atoms with Crippen molar-refractivity contribution in [3.8, 4) is 0 Å². The summed E-state index contributed by atoms with van der Waals surface area (Å²) in [6.45, 7) is 5.96. The molecule has 19 heavy (non-hydrogen) atoms. The fourth-order valence-corrected chi connectivity index (χ4v) is 2.04. The van der Waals surface area contributed by atoms with E-state index in [2.05, 4.69) is 6.08 Å². The first-order valence-corrected chi connectivity index (χ1v) is 6.54. The minimum atomic E-state index is -0.590. The van der Waals surface area contributed by atoms with Crippen LogP contribution >= 0.6 is 0 Å². The Kier molecular flexibility index (Phi) is 6.23. The SMILES string of the molecule is CC(C)=CCC(/C(C)=C/C=O)C(O)c1ccccc1. The number of aliphatic hydroxyl groups excluding tert-OH is 1. The molecule has 1 rings (SSSR count). The van der Waals surface area contributed by atoms with Gasteiger partial charge in [0.2, 0.25) is 0 Å². The van der Waals surface area contributed by atoms with Crippen LogP contribution in [0.25, 0.3) is 0 Å². The van der Waals surface area contributed by atoms with Crippen molar-refractivity contribution in [2.45, 2.75) is 33.3 Å². The average molecular weight is 258 g/mol. The van der Waals surface area contributed by atoms with Gasteiger partial charge in [0, 0.05) is 5.92 Å². The molecular weight excluding hydrogens is 236 g/mol. The quantitative estimate of drug-likeness (QED) is 0.478. The molecule has 2 atom stereocenters. The summed E-state index contributed by atoms with van der Waals surface area (Å²) >= 11 is 0. The Bertz CT molecular complexity index is 453. The number of carbonyl (C=O) groups excluding carboxylic acids is 1. The summed E-state index contributed by atoms with van der Waals surface area (Å²) < 4.78 is 0. The monoisotopic (exact) mass is 258 g/mol. The number of benzene rings is 1. The van der Waals surface area contributed by atoms with E-state index in [-0.39, 0.29) is 5.92 Å². The van der Waals surface area contributed by atoms with E-state index in [1.54, 1.807) is 0 Å². The second kappa shape index (κ2) is 7.70. The Morgan fingerprint density at radius 3 is 2.37 bits per heavy atom. The van der Waals surface area contributed by atoms with Crippen LogP contribution in [0.5, 0.6) is 0 Å². The first kappa shape index (κ1) is 15.4. The molecule has 102 valence electrons. The number of hydrogen-bond acceptors (Lipinski definition) is 2. The molecule has 0 aliphatic rings. The lowest BCUT2D eigenvalue weighted by atomic mass is 9.86. The molecule has 1 N–H and O–H groups in total. The third-order valence-corrected chi connectivity index (χ3v) is 3.22. The van der Waals surface area contributed by atoms with E-state index in [4.69, 9.17) is 0 Å². The third-order valence-electron chi connectivity index (χ3n) is 3.22. The summed E-state index contributed by atoms with van der Waals surface area (Å²) in [7, 11) is 0. The summed E-state index contributed by atoms with van der Waals surface area (Å²) in [5, 5.41) is 10.5. The highest BCUT2D eigenvalue weighted by Gasteiger charge is 2.21. The van der Waals surface area contributed by atoms with Crippen LogP contribution in [0.4, 0.5) is 0 Å². The van der Waals surface area contributed by atoms with Crippen LogP contribution in [0.2, 0.25) is 0 Å². The molecule has 2 nitrogen and oxygen atoms in total. The molecule has 0 radical (unpaired) electrons. The zero-order chi connectivity index (χ0) is 14.3. The van der Waals surface area contributed by atoms with Gasteiger partial charge in [-0.15, -0.1) is 0 Å². The van der Waals surface area contributed by atoms with E-state index >= 15 is 0 Å². The summed E-state index contributed by atoms with van der Waals surface area (Å²) in [4.78, 5) is 10.6. The molecule has 0 aromatic heterocycles. The van der Waals surface area contributed by atoms with Crippen LogP contribution < -0.4 is 0 Å². The first-order valence-electron chi connectivity index (χ1n) is 6.54. The molecular formula is C17H22O2. The standard InChI is InChI=1S/C17H22O2/c1-13(2)9-10-16(14(3)11-12-18)17(19)15-7-5-4-6-8-15/h4-9,11-12,16-17,19H,10H2,1-3H3/b14-11+. The summed E-state index contributed by atoms with van der Waals surface area (Å²) in [5.74, 6) is -0.0671. The van der Waals surface area contributed by atoms with Gasteiger partial charge in [-0.3, -0.25) is 4.79 Å². The Hall–Kier alpha value is -1.67. The van der Waals surface area contributed by atoms with E-state index in [1.165, 1.54) is 11.6 Å². The molecule has 0 fully saturated rings. The van der Waals surface area contributed by atoms with Crippen LogP contribution in [-0.2, 0) is 4.79 Å². The molecule has 2 heteroatoms. The molecule has 2 unspecified atom stereocenters. The van der Waals surface area contributed by atoms with E-state index < -0.39 is 6.10 Å². The highest BCUT2D eigenvalue weighted by Crippen LogP contribution is 2.31. The van der Waals surface area contributed by atoms with Gasteiger partial charge in [-0.1, -0.05) is 47.6 Å². The third kappa shape index (κ3) is 4.84. The normalized spacial score (nSPS) is 14.6. The van der Waals surface area contributed by atoms with E-state index in [1.807, 2.05) is 51.1 Å². The molecule has 0 bridgehead atoms. The van der Waals surface area contributed by atoms with Crippen molar-refractivity contribution in [1.29, 1.82) is 0 Å². The number of aliphatic hydroxyl groups is 1. The van der Waals surface area contributed by atoms with E-state index in [0.29, 0.717) is 0 Å². The second-order valence-corrected chi connectivity index (χ2v) is 5.03. The van der Waals surface area contributed by atoms with Gasteiger partial charge < -0.3 is 5.11 Å². The summed E-state index contributed by atoms with van der Waals surface area (Å²) in [6, 6.07) is 9.57. The Morgan fingerprint density at radius 2 is 1.84 bits per heavy atom. The number of aldehydes is 1. The smallest absolute Gasteiger partial charge is 0.142 e. The van der Waals surface area contributed by atoms with Crippen molar-refractivity contribution >= 4 is 6.29 Å². The molecule has 1 aromatic carbocycles. The Morgan fingerprint density at radius 1 is 1.21 bits per heavy atom. The van der Waals surface area contributed by atoms with Crippen LogP contribution in [0.1, 0.15) is 38.9 Å². The summed E-state index contributed by atoms with van der Waals surface area (Å²) in [6.07, 6.45) is 4.55. The molecule has 1 aromatic rings. The molecule has 0 heterocycles. The Balaban J connectivity index is 2.99. The number of rotatable bonds is 6. The lowest BCUT2D eigenvalue weighted by Crippen LogP contribution is -2.14. The predicted molar refractivity (Wildman–Crippen MR) is 78.8 cm³/mol. The van der Waals surface area contributed by atoms with Gasteiger partial charge in [-0.2, -0.15) is 0 Å². The topological polar surface area (TPSA) is 37.3 Å². The number of hydrogen-bond donors (Lipinski definition) is 1. The lowest BCUT2D eigenvalue weighted by molar-refractivity contribution is -0.104. The maximum Gasteiger partial charge on any atom is 0.142 e. The number of carbonyl (C=O) groups is 1. The molecule has 0 amide bonds. The lowest BCUT2D eigenvalue weighted by Gasteiger charge is -2.23. The molecule has 0 spiro atoms. The Labute approximate surface area is 115 Å². The van der Waals surface area contributed by atoms with Gasteiger partial charge in [0.25, 0.3) is 0 Å². The number of allylic oxidation sites excluding steroid dienone is 3. The zero-order valence-corrected chi connectivity index (χ0v) is 11.8. The fourth-order valence-electron chi connectivity index (χ4n) is 2.04. The van der Waals surface area contributed by atoms with Gasteiger partial charge in [-0.25, -0.2) is 0 Å². The van der Waals surface area contributed by atoms with Crippen molar-refractivity contribution in [3.63, 3.8) is 0 Å². The van der Waals surface area contributed by atoms with Crippen LogP contribution in [-0.4, -0.2) is 11.4 Å². The first-order chi connectivity index (χ1) is 9.06. The van der Waals surface area contributed by atoms with Crippen LogP contribution in [0.15, 0.2) is 53.6 Å². The van der Waals surface area contributed by atoms with Crippen LogP contribution in [0, 0.1) is 5.92 Å². The highest BCUT2D eigenvalue weighted by molar-refractivity contribution is 5.66. The van der Waals surface area contributed by atoms with Gasteiger partial charge in [-0.05, 0) is 38.8 Å². The molecule has 0 saturated heterocycles. The van der Waals surface area contributed by atoms with Gasteiger partial charge in [0.15, 0.2) is 0 Å². The fraction of sp³-hybridized carbons (Fsp3) is 0.353. The average Bonchev–Trinajstić information content (AvgIpc) is 2.39. The van der Waals surface area contributed by atoms with Crippen molar-refractivity contribution in [2.24, 2.45) is 5.92 Å². The molecule has 0 aliphatic carbocycles. The van der Waals surface area contributed by atoms with Gasteiger partial charge in [0.05, 0.1) is 6.10 Å².